The molecule has 108 valence electrons. The molecule has 3 rings (SSSR count). The molecule has 0 radical (unpaired) electrons. The molecule has 0 saturated heterocycles. The first-order valence-corrected chi connectivity index (χ1v) is 7.21. The predicted octanol–water partition coefficient (Wildman–Crippen LogP) is 3.71. The van der Waals surface area contributed by atoms with Crippen molar-refractivity contribution in [3.63, 3.8) is 0 Å². The summed E-state index contributed by atoms with van der Waals surface area (Å²) in [6.07, 6.45) is 0. The summed E-state index contributed by atoms with van der Waals surface area (Å²) in [5.41, 5.74) is 2.27. The molecule has 4 heteroatoms. The lowest BCUT2D eigenvalue weighted by Crippen LogP contribution is -2.30. The lowest BCUT2D eigenvalue weighted by Gasteiger charge is -2.35. The van der Waals surface area contributed by atoms with Crippen LogP contribution < -0.4 is 0 Å². The molecule has 21 heavy (non-hydrogen) atoms. The number of hydrogen-bond acceptors (Lipinski definition) is 3. The molecule has 0 atom stereocenters. The van der Waals surface area contributed by atoms with Crippen LogP contribution in [-0.2, 0) is 11.3 Å². The molecule has 0 heterocycles. The minimum absolute atomic E-state index is 0.0583. The molecule has 0 saturated carbocycles. The van der Waals surface area contributed by atoms with Gasteiger partial charge in [0.1, 0.15) is 11.5 Å². The highest BCUT2D eigenvalue weighted by atomic mass is 35.5. The third-order valence-corrected chi connectivity index (χ3v) is 4.48. The molecule has 0 fully saturated rings. The van der Waals surface area contributed by atoms with Crippen LogP contribution in [0.2, 0.25) is 0 Å². The number of rotatable bonds is 1. The average molecular weight is 303 g/mol. The fourth-order valence-electron chi connectivity index (χ4n) is 3.06. The van der Waals surface area contributed by atoms with Gasteiger partial charge in [-0.05, 0) is 28.8 Å². The second-order valence-corrected chi connectivity index (χ2v) is 6.09. The summed E-state index contributed by atoms with van der Waals surface area (Å²) in [5, 5.41) is 20.3. The fourth-order valence-corrected chi connectivity index (χ4v) is 3.22. The van der Waals surface area contributed by atoms with Gasteiger partial charge in [-0.15, -0.1) is 11.6 Å². The van der Waals surface area contributed by atoms with Gasteiger partial charge in [0, 0.05) is 11.3 Å². The molecule has 0 aromatic heterocycles. The highest BCUT2D eigenvalue weighted by Gasteiger charge is 2.40. The number of benzene rings is 2. The van der Waals surface area contributed by atoms with E-state index in [-0.39, 0.29) is 34.3 Å². The largest absolute Gasteiger partial charge is 0.507 e. The van der Waals surface area contributed by atoms with E-state index in [1.54, 1.807) is 6.07 Å². The lowest BCUT2D eigenvalue weighted by atomic mass is 9.67. The summed E-state index contributed by atoms with van der Waals surface area (Å²) in [7, 11) is 0. The fraction of sp³-hybridized carbons (Fsp3) is 0.235. The van der Waals surface area contributed by atoms with Gasteiger partial charge >= 0.3 is 0 Å². The maximum Gasteiger partial charge on any atom is 0.201 e. The van der Waals surface area contributed by atoms with Crippen LogP contribution in [0.3, 0.4) is 0 Å². The number of carbonyl (C=O) groups excluding carboxylic acids is 1. The van der Waals surface area contributed by atoms with Crippen LogP contribution in [0.4, 0.5) is 0 Å². The first-order chi connectivity index (χ1) is 9.87. The first kappa shape index (κ1) is 14.0. The van der Waals surface area contributed by atoms with Gasteiger partial charge in [-0.25, -0.2) is 0 Å². The minimum Gasteiger partial charge on any atom is -0.507 e. The minimum atomic E-state index is -0.503. The van der Waals surface area contributed by atoms with Crippen LogP contribution in [-0.4, -0.2) is 16.0 Å². The van der Waals surface area contributed by atoms with Gasteiger partial charge in [0.2, 0.25) is 5.78 Å². The van der Waals surface area contributed by atoms with Gasteiger partial charge in [0.05, 0.1) is 11.1 Å². The van der Waals surface area contributed by atoms with Crippen LogP contribution in [0.15, 0.2) is 30.3 Å². The van der Waals surface area contributed by atoms with Gasteiger partial charge in [0.15, 0.2) is 0 Å². The third-order valence-electron chi connectivity index (χ3n) is 4.17. The molecule has 2 aromatic carbocycles. The van der Waals surface area contributed by atoms with Crippen molar-refractivity contribution in [3.8, 4) is 11.5 Å². The number of ketones is 1. The normalized spacial score (nSPS) is 15.5. The van der Waals surface area contributed by atoms with Crippen LogP contribution in [0, 0.1) is 0 Å². The topological polar surface area (TPSA) is 57.5 Å². The van der Waals surface area contributed by atoms with Gasteiger partial charge in [-0.3, -0.25) is 4.79 Å². The van der Waals surface area contributed by atoms with Crippen LogP contribution in [0.1, 0.15) is 46.5 Å². The molecule has 0 spiro atoms. The van der Waals surface area contributed by atoms with Crippen LogP contribution >= 0.6 is 11.6 Å². The quantitative estimate of drug-likeness (QED) is 0.790. The van der Waals surface area contributed by atoms with Crippen LogP contribution in [0.5, 0.6) is 11.5 Å². The Bertz CT molecular complexity index is 763. The van der Waals surface area contributed by atoms with E-state index >= 15 is 0 Å². The second kappa shape index (κ2) is 4.50. The Hall–Kier alpha value is -2.00. The zero-order valence-electron chi connectivity index (χ0n) is 11.8. The Balaban J connectivity index is 2.40. The van der Waals surface area contributed by atoms with Crippen molar-refractivity contribution in [1.82, 2.24) is 0 Å². The smallest absolute Gasteiger partial charge is 0.201 e. The van der Waals surface area contributed by atoms with E-state index in [9.17, 15) is 15.0 Å². The number of halogens is 1. The van der Waals surface area contributed by atoms with Crippen molar-refractivity contribution in [2.45, 2.75) is 25.1 Å². The van der Waals surface area contributed by atoms with E-state index in [4.69, 9.17) is 11.6 Å². The first-order valence-electron chi connectivity index (χ1n) is 6.67. The van der Waals surface area contributed by atoms with Crippen molar-refractivity contribution in [1.29, 1.82) is 0 Å². The summed E-state index contributed by atoms with van der Waals surface area (Å²) >= 11 is 5.86. The maximum absolute atomic E-state index is 12.7. The summed E-state index contributed by atoms with van der Waals surface area (Å²) in [6.45, 7) is 3.93. The predicted molar refractivity (Wildman–Crippen MR) is 81.3 cm³/mol. The molecule has 1 aliphatic rings. The number of fused-ring (bicyclic) bond motifs is 2. The zero-order chi connectivity index (χ0) is 15.4. The van der Waals surface area contributed by atoms with E-state index < -0.39 is 5.41 Å². The third kappa shape index (κ3) is 1.84. The highest BCUT2D eigenvalue weighted by Crippen LogP contribution is 2.46. The Labute approximate surface area is 127 Å². The average Bonchev–Trinajstić information content (AvgIpc) is 2.44. The Kier molecular flexibility index (Phi) is 2.99. The van der Waals surface area contributed by atoms with Crippen molar-refractivity contribution < 1.29 is 15.0 Å². The maximum atomic E-state index is 12.7. The summed E-state index contributed by atoms with van der Waals surface area (Å²) in [4.78, 5) is 12.7. The van der Waals surface area contributed by atoms with Gasteiger partial charge < -0.3 is 10.2 Å². The van der Waals surface area contributed by atoms with E-state index in [1.165, 1.54) is 12.1 Å². The number of alkyl halides is 1. The summed E-state index contributed by atoms with van der Waals surface area (Å²) in [5.74, 6) is -0.235. The second-order valence-electron chi connectivity index (χ2n) is 5.82. The molecular weight excluding hydrogens is 288 g/mol. The van der Waals surface area contributed by atoms with Gasteiger partial charge in [0.25, 0.3) is 0 Å². The molecular formula is C17H15ClO3. The van der Waals surface area contributed by atoms with E-state index in [1.807, 2.05) is 26.0 Å². The molecule has 0 unspecified atom stereocenters. The van der Waals surface area contributed by atoms with Gasteiger partial charge in [-0.2, -0.15) is 0 Å². The number of aromatic hydroxyl groups is 2. The molecule has 2 N–H and O–H groups in total. The molecule has 1 aliphatic carbocycles. The Morgan fingerprint density at radius 3 is 2.38 bits per heavy atom. The van der Waals surface area contributed by atoms with Gasteiger partial charge in [-0.1, -0.05) is 32.0 Å². The molecule has 0 bridgehead atoms. The Morgan fingerprint density at radius 1 is 1.05 bits per heavy atom. The number of phenols is 2. The SMILES string of the molecule is CC1(C)c2cccc(O)c2C(=O)c2c(O)cc(CCl)cc21. The standard InChI is InChI=1S/C17H15ClO3/c1-17(2)10-4-3-5-12(19)14(10)16(21)15-11(17)6-9(8-18)7-13(15)20/h3-7,19-20H,8H2,1-2H3. The monoisotopic (exact) mass is 302 g/mol. The van der Waals surface area contributed by atoms with Crippen molar-refractivity contribution in [3.05, 3.63) is 58.1 Å². The summed E-state index contributed by atoms with van der Waals surface area (Å²) in [6, 6.07) is 8.40. The Morgan fingerprint density at radius 2 is 1.71 bits per heavy atom. The molecule has 2 aromatic rings. The van der Waals surface area contributed by atoms with Crippen molar-refractivity contribution in [2.24, 2.45) is 0 Å². The highest BCUT2D eigenvalue weighted by molar-refractivity contribution is 6.18. The number of phenolic OH excluding ortho intramolecular Hbond substituents is 2. The zero-order valence-corrected chi connectivity index (χ0v) is 12.5. The summed E-state index contributed by atoms with van der Waals surface area (Å²) < 4.78 is 0. The number of carbonyl (C=O) groups is 1. The van der Waals surface area contributed by atoms with Crippen molar-refractivity contribution in [2.75, 3.05) is 0 Å². The molecule has 0 aliphatic heterocycles. The van der Waals surface area contributed by atoms with E-state index in [0.717, 1.165) is 16.7 Å². The van der Waals surface area contributed by atoms with Crippen LogP contribution in [0.25, 0.3) is 0 Å². The lowest BCUT2D eigenvalue weighted by molar-refractivity contribution is 0.102. The number of hydrogen-bond donors (Lipinski definition) is 2. The molecule has 0 amide bonds. The van der Waals surface area contributed by atoms with Crippen molar-refractivity contribution >= 4 is 17.4 Å². The van der Waals surface area contributed by atoms with E-state index in [0.29, 0.717) is 0 Å². The molecule has 3 nitrogen and oxygen atoms in total. The van der Waals surface area contributed by atoms with E-state index in [2.05, 4.69) is 0 Å².